The molecule has 2 aromatic rings. The van der Waals surface area contributed by atoms with E-state index in [0.29, 0.717) is 11.4 Å². The van der Waals surface area contributed by atoms with Crippen molar-refractivity contribution < 1.29 is 9.94 Å². The van der Waals surface area contributed by atoms with Crippen LogP contribution in [0.2, 0.25) is 0 Å². The van der Waals surface area contributed by atoms with Crippen molar-refractivity contribution in [1.82, 2.24) is 4.73 Å². The average Bonchev–Trinajstić information content (AvgIpc) is 2.65. The molecule has 0 atom stereocenters. The summed E-state index contributed by atoms with van der Waals surface area (Å²) in [5.74, 6) is 0. The van der Waals surface area contributed by atoms with Gasteiger partial charge in [0, 0.05) is 17.3 Å². The molecule has 5 nitrogen and oxygen atoms in total. The summed E-state index contributed by atoms with van der Waals surface area (Å²) in [6.45, 7) is 0.180. The molecule has 0 bridgehead atoms. The predicted molar refractivity (Wildman–Crippen MR) is 59.3 cm³/mol. The first kappa shape index (κ1) is 9.67. The number of hydrogen-bond donors (Lipinski definition) is 3. The van der Waals surface area contributed by atoms with E-state index in [1.165, 1.54) is 4.73 Å². The van der Waals surface area contributed by atoms with Gasteiger partial charge in [-0.15, -0.1) is 0 Å². The van der Waals surface area contributed by atoms with Crippen molar-refractivity contribution in [3.8, 4) is 0 Å². The maximum absolute atomic E-state index is 8.67. The van der Waals surface area contributed by atoms with E-state index >= 15 is 0 Å². The summed E-state index contributed by atoms with van der Waals surface area (Å²) in [6, 6.07) is 5.32. The van der Waals surface area contributed by atoms with Crippen LogP contribution in [0.4, 0.5) is 11.4 Å². The van der Waals surface area contributed by atoms with Crippen molar-refractivity contribution in [2.24, 2.45) is 0 Å². The summed E-state index contributed by atoms with van der Waals surface area (Å²) in [5, 5.41) is 9.52. The van der Waals surface area contributed by atoms with E-state index in [1.54, 1.807) is 18.3 Å². The number of anilines is 2. The molecule has 0 aliphatic rings. The monoisotopic (exact) mass is 207 g/mol. The lowest BCUT2D eigenvalue weighted by Crippen LogP contribution is -2.14. The Morgan fingerprint density at radius 1 is 1.20 bits per heavy atom. The third kappa shape index (κ3) is 1.57. The third-order valence-corrected chi connectivity index (χ3v) is 2.20. The van der Waals surface area contributed by atoms with E-state index in [2.05, 4.69) is 0 Å². The minimum Gasteiger partial charge on any atom is -0.411 e. The first-order chi connectivity index (χ1) is 7.24. The van der Waals surface area contributed by atoms with E-state index in [4.69, 9.17) is 21.4 Å². The molecule has 0 unspecified atom stereocenters. The fourth-order valence-electron chi connectivity index (χ4n) is 1.53. The molecule has 0 fully saturated rings. The van der Waals surface area contributed by atoms with Crippen LogP contribution in [0, 0.1) is 0 Å². The van der Waals surface area contributed by atoms with Crippen molar-refractivity contribution in [2.45, 2.75) is 0 Å². The number of hydrogen-bond acceptors (Lipinski definition) is 4. The van der Waals surface area contributed by atoms with Crippen LogP contribution in [0.1, 0.15) is 0 Å². The second-order valence-corrected chi connectivity index (χ2v) is 3.20. The molecule has 15 heavy (non-hydrogen) atoms. The molecule has 0 saturated carbocycles. The van der Waals surface area contributed by atoms with Gasteiger partial charge in [0.2, 0.25) is 0 Å². The number of benzene rings is 1. The zero-order valence-electron chi connectivity index (χ0n) is 8.18. The van der Waals surface area contributed by atoms with Crippen LogP contribution in [0.25, 0.3) is 10.9 Å². The molecule has 0 amide bonds. The highest BCUT2D eigenvalue weighted by Gasteiger charge is 2.07. The zero-order valence-corrected chi connectivity index (χ0v) is 8.18. The molecule has 5 N–H and O–H groups in total. The Labute approximate surface area is 86.8 Å². The fraction of sp³-hybridized carbons (Fsp3) is 0.200. The highest BCUT2D eigenvalue weighted by molar-refractivity contribution is 5.98. The molecule has 0 radical (unpaired) electrons. The number of nitrogen functional groups attached to an aromatic ring is 2. The number of nitrogens with zero attached hydrogens (tertiary/aromatic N) is 1. The Morgan fingerprint density at radius 3 is 2.67 bits per heavy atom. The highest BCUT2D eigenvalue weighted by Crippen LogP contribution is 2.26. The molecule has 2 rings (SSSR count). The van der Waals surface area contributed by atoms with Gasteiger partial charge >= 0.3 is 0 Å². The molecular formula is C10H13N3O2. The summed E-state index contributed by atoms with van der Waals surface area (Å²) in [7, 11) is 0. The van der Waals surface area contributed by atoms with E-state index in [1.807, 2.05) is 6.07 Å². The number of aliphatic hydroxyl groups excluding tert-OH is 1. The largest absolute Gasteiger partial charge is 0.411 e. The summed E-state index contributed by atoms with van der Waals surface area (Å²) >= 11 is 0. The SMILES string of the molecule is Nc1ccc(N)c2c1ccn2OCCO. The van der Waals surface area contributed by atoms with Crippen molar-refractivity contribution in [3.05, 3.63) is 24.4 Å². The van der Waals surface area contributed by atoms with Crippen LogP contribution in [0.15, 0.2) is 24.4 Å². The van der Waals surface area contributed by atoms with Gasteiger partial charge in [-0.25, -0.2) is 0 Å². The van der Waals surface area contributed by atoms with Gasteiger partial charge in [0.25, 0.3) is 0 Å². The number of nitrogens with two attached hydrogens (primary N) is 2. The lowest BCUT2D eigenvalue weighted by atomic mass is 10.2. The zero-order chi connectivity index (χ0) is 10.8. The van der Waals surface area contributed by atoms with Crippen molar-refractivity contribution in [1.29, 1.82) is 0 Å². The van der Waals surface area contributed by atoms with Gasteiger partial charge in [-0.3, -0.25) is 0 Å². The third-order valence-electron chi connectivity index (χ3n) is 2.20. The molecule has 0 aliphatic heterocycles. The molecule has 0 saturated heterocycles. The van der Waals surface area contributed by atoms with Crippen LogP contribution in [0.5, 0.6) is 0 Å². The fourth-order valence-corrected chi connectivity index (χ4v) is 1.53. The Bertz CT molecular complexity index is 479. The minimum absolute atomic E-state index is 0.0398. The lowest BCUT2D eigenvalue weighted by molar-refractivity contribution is 0.0834. The van der Waals surface area contributed by atoms with Crippen LogP contribution in [0.3, 0.4) is 0 Å². The summed E-state index contributed by atoms with van der Waals surface area (Å²) in [5.41, 5.74) is 13.6. The number of rotatable bonds is 3. The van der Waals surface area contributed by atoms with Gasteiger partial charge in [0.15, 0.2) is 0 Å². The van der Waals surface area contributed by atoms with E-state index < -0.39 is 0 Å². The molecule has 1 aromatic heterocycles. The molecule has 1 aromatic carbocycles. The number of aromatic nitrogens is 1. The first-order valence-corrected chi connectivity index (χ1v) is 4.63. The Morgan fingerprint density at radius 2 is 1.93 bits per heavy atom. The van der Waals surface area contributed by atoms with Gasteiger partial charge in [0.1, 0.15) is 12.1 Å². The maximum atomic E-state index is 8.67. The predicted octanol–water partition coefficient (Wildman–Crippen LogP) is 0.227. The molecule has 1 heterocycles. The van der Waals surface area contributed by atoms with E-state index in [0.717, 1.165) is 10.9 Å². The topological polar surface area (TPSA) is 86.4 Å². The average molecular weight is 207 g/mol. The summed E-state index contributed by atoms with van der Waals surface area (Å²) < 4.78 is 1.53. The Balaban J connectivity index is 2.53. The van der Waals surface area contributed by atoms with Crippen LogP contribution >= 0.6 is 0 Å². The molecule has 80 valence electrons. The van der Waals surface area contributed by atoms with Gasteiger partial charge in [-0.05, 0) is 18.2 Å². The van der Waals surface area contributed by atoms with Gasteiger partial charge in [-0.1, -0.05) is 0 Å². The van der Waals surface area contributed by atoms with Crippen molar-refractivity contribution >= 4 is 22.3 Å². The molecular weight excluding hydrogens is 194 g/mol. The maximum Gasteiger partial charge on any atom is 0.138 e. The highest BCUT2D eigenvalue weighted by atomic mass is 16.7. The van der Waals surface area contributed by atoms with Crippen LogP contribution in [-0.2, 0) is 0 Å². The Hall–Kier alpha value is -1.88. The number of fused-ring (bicyclic) bond motifs is 1. The van der Waals surface area contributed by atoms with Gasteiger partial charge < -0.3 is 21.4 Å². The summed E-state index contributed by atoms with van der Waals surface area (Å²) in [6.07, 6.45) is 1.73. The minimum atomic E-state index is -0.0398. The Kier molecular flexibility index (Phi) is 2.39. The van der Waals surface area contributed by atoms with Gasteiger partial charge in [-0.2, -0.15) is 4.73 Å². The summed E-state index contributed by atoms with van der Waals surface area (Å²) in [4.78, 5) is 5.28. The second kappa shape index (κ2) is 3.70. The normalized spacial score (nSPS) is 10.7. The quantitative estimate of drug-likeness (QED) is 0.629. The molecule has 5 heteroatoms. The molecule has 0 aliphatic carbocycles. The number of aliphatic hydroxyl groups is 1. The smallest absolute Gasteiger partial charge is 0.138 e. The van der Waals surface area contributed by atoms with Gasteiger partial charge in [0.05, 0.1) is 12.3 Å². The lowest BCUT2D eigenvalue weighted by Gasteiger charge is -2.08. The van der Waals surface area contributed by atoms with Crippen molar-refractivity contribution in [2.75, 3.05) is 24.7 Å². The molecule has 0 spiro atoms. The second-order valence-electron chi connectivity index (χ2n) is 3.20. The van der Waals surface area contributed by atoms with Crippen molar-refractivity contribution in [3.63, 3.8) is 0 Å². The van der Waals surface area contributed by atoms with Crippen LogP contribution in [-0.4, -0.2) is 23.1 Å². The van der Waals surface area contributed by atoms with Crippen LogP contribution < -0.4 is 16.3 Å². The first-order valence-electron chi connectivity index (χ1n) is 4.63. The van der Waals surface area contributed by atoms with E-state index in [9.17, 15) is 0 Å². The van der Waals surface area contributed by atoms with E-state index in [-0.39, 0.29) is 13.2 Å². The standard InChI is InChI=1S/C10H13N3O2/c11-8-1-2-9(12)10-7(8)3-4-13(10)15-6-5-14/h1-4,14H,5-6,11-12H2.